The van der Waals surface area contributed by atoms with E-state index >= 15 is 0 Å². The van der Waals surface area contributed by atoms with Gasteiger partial charge in [0.2, 0.25) is 0 Å². The Morgan fingerprint density at radius 3 is 2.43 bits per heavy atom. The summed E-state index contributed by atoms with van der Waals surface area (Å²) in [5.41, 5.74) is 0.449. The Morgan fingerprint density at radius 1 is 0.964 bits per heavy atom. The zero-order valence-corrected chi connectivity index (χ0v) is 17.9. The fourth-order valence-corrected chi connectivity index (χ4v) is 8.63. The predicted molar refractivity (Wildman–Crippen MR) is 106 cm³/mol. The molecule has 0 N–H and O–H groups in total. The van der Waals surface area contributed by atoms with Crippen molar-refractivity contribution in [2.45, 2.75) is 84.2 Å². The van der Waals surface area contributed by atoms with Crippen LogP contribution in [-0.2, 0) is 4.74 Å². The second-order valence-corrected chi connectivity index (χ2v) is 11.0. The number of rotatable bonds is 4. The van der Waals surface area contributed by atoms with Crippen LogP contribution < -0.4 is 0 Å². The molecule has 0 amide bonds. The highest BCUT2D eigenvalue weighted by Gasteiger charge is 2.58. The van der Waals surface area contributed by atoms with E-state index in [-0.39, 0.29) is 0 Å². The Morgan fingerprint density at radius 2 is 1.71 bits per heavy atom. The van der Waals surface area contributed by atoms with Crippen LogP contribution in [0.4, 0.5) is 13.2 Å². The number of methoxy groups -OCH3 is 1. The van der Waals surface area contributed by atoms with E-state index in [4.69, 9.17) is 4.74 Å². The predicted octanol–water partition coefficient (Wildman–Crippen LogP) is 7.11. The average molecular weight is 401 g/mol. The molecule has 4 fully saturated rings. The zero-order chi connectivity index (χ0) is 20.1. The van der Waals surface area contributed by atoms with Crippen LogP contribution in [0.5, 0.6) is 0 Å². The topological polar surface area (TPSA) is 9.23 Å². The lowest BCUT2D eigenvalue weighted by atomic mass is 9.48. The number of hydrogen-bond donors (Lipinski definition) is 0. The molecule has 4 aliphatic carbocycles. The number of alkyl halides is 3. The standard InChI is InChI=1S/C24H39F3O/c1-15(11-13-28-3)21-8-9-22-20-6-4-16-14-17(24(25,26)27)5-7-18(16)19(20)10-12-23(21,22)2/h15-22H,4-14H2,1-3H3/t15-,16?,17?,18?,19?,20?,21?,22?,23?/m1/s1. The minimum absolute atomic E-state index is 0.337. The first-order chi connectivity index (χ1) is 13.3. The summed E-state index contributed by atoms with van der Waals surface area (Å²) in [6, 6.07) is 0. The molecule has 162 valence electrons. The monoisotopic (exact) mass is 400 g/mol. The molecule has 0 aromatic heterocycles. The van der Waals surface area contributed by atoms with Crippen molar-refractivity contribution in [3.8, 4) is 0 Å². The molecule has 4 rings (SSSR count). The van der Waals surface area contributed by atoms with Gasteiger partial charge in [-0.3, -0.25) is 0 Å². The highest BCUT2D eigenvalue weighted by molar-refractivity contribution is 5.06. The van der Waals surface area contributed by atoms with Crippen molar-refractivity contribution >= 4 is 0 Å². The van der Waals surface area contributed by atoms with Crippen molar-refractivity contribution in [2.75, 3.05) is 13.7 Å². The molecule has 0 bridgehead atoms. The molecule has 28 heavy (non-hydrogen) atoms. The van der Waals surface area contributed by atoms with Crippen molar-refractivity contribution in [3.05, 3.63) is 0 Å². The van der Waals surface area contributed by atoms with E-state index in [0.29, 0.717) is 41.9 Å². The van der Waals surface area contributed by atoms with Gasteiger partial charge in [-0.25, -0.2) is 0 Å². The van der Waals surface area contributed by atoms with Crippen LogP contribution in [0.3, 0.4) is 0 Å². The number of fused-ring (bicyclic) bond motifs is 5. The molecule has 0 spiro atoms. The smallest absolute Gasteiger partial charge is 0.385 e. The van der Waals surface area contributed by atoms with Crippen LogP contribution in [0.2, 0.25) is 0 Å². The second kappa shape index (κ2) is 7.78. The maximum Gasteiger partial charge on any atom is 0.391 e. The molecule has 4 aliphatic rings. The van der Waals surface area contributed by atoms with Crippen LogP contribution in [0, 0.1) is 52.8 Å². The maximum absolute atomic E-state index is 13.3. The first kappa shape index (κ1) is 21.0. The molecule has 4 heteroatoms. The largest absolute Gasteiger partial charge is 0.391 e. The van der Waals surface area contributed by atoms with E-state index in [1.54, 1.807) is 7.11 Å². The third kappa shape index (κ3) is 3.54. The Bertz CT molecular complexity index is 546. The van der Waals surface area contributed by atoms with Crippen molar-refractivity contribution in [2.24, 2.45) is 52.8 Å². The summed E-state index contributed by atoms with van der Waals surface area (Å²) in [6.45, 7) is 5.83. The highest BCUT2D eigenvalue weighted by atomic mass is 19.4. The van der Waals surface area contributed by atoms with Gasteiger partial charge in [0.25, 0.3) is 0 Å². The van der Waals surface area contributed by atoms with Gasteiger partial charge in [0.1, 0.15) is 0 Å². The minimum Gasteiger partial charge on any atom is -0.385 e. The van der Waals surface area contributed by atoms with Gasteiger partial charge in [0, 0.05) is 13.7 Å². The Kier molecular flexibility index (Phi) is 5.83. The van der Waals surface area contributed by atoms with E-state index in [2.05, 4.69) is 13.8 Å². The minimum atomic E-state index is -3.98. The van der Waals surface area contributed by atoms with Crippen molar-refractivity contribution < 1.29 is 17.9 Å². The van der Waals surface area contributed by atoms with Gasteiger partial charge in [-0.2, -0.15) is 13.2 Å². The van der Waals surface area contributed by atoms with Crippen molar-refractivity contribution in [1.82, 2.24) is 0 Å². The molecule has 0 aromatic carbocycles. The number of halogens is 3. The number of ether oxygens (including phenoxy) is 1. The van der Waals surface area contributed by atoms with Crippen molar-refractivity contribution in [3.63, 3.8) is 0 Å². The summed E-state index contributed by atoms with van der Waals surface area (Å²) in [6.07, 6.45) is 6.29. The van der Waals surface area contributed by atoms with Crippen LogP contribution >= 0.6 is 0 Å². The first-order valence-corrected chi connectivity index (χ1v) is 11.8. The third-order valence-corrected chi connectivity index (χ3v) is 9.95. The summed E-state index contributed by atoms with van der Waals surface area (Å²) in [7, 11) is 1.79. The molecular weight excluding hydrogens is 361 g/mol. The molecule has 0 radical (unpaired) electrons. The van der Waals surface area contributed by atoms with E-state index in [9.17, 15) is 13.2 Å². The van der Waals surface area contributed by atoms with Crippen molar-refractivity contribution in [1.29, 1.82) is 0 Å². The van der Waals surface area contributed by atoms with Gasteiger partial charge >= 0.3 is 6.18 Å². The van der Waals surface area contributed by atoms with Gasteiger partial charge in [-0.05, 0) is 111 Å². The fraction of sp³-hybridized carbons (Fsp3) is 1.00. The van der Waals surface area contributed by atoms with E-state index in [1.807, 2.05) is 0 Å². The van der Waals surface area contributed by atoms with E-state index < -0.39 is 12.1 Å². The van der Waals surface area contributed by atoms with Gasteiger partial charge in [-0.15, -0.1) is 0 Å². The van der Waals surface area contributed by atoms with Gasteiger partial charge < -0.3 is 4.74 Å². The molecular formula is C24H39F3O. The molecule has 0 aliphatic heterocycles. The summed E-state index contributed by atoms with van der Waals surface area (Å²) in [4.78, 5) is 0. The molecule has 4 saturated carbocycles. The fourth-order valence-electron chi connectivity index (χ4n) is 8.63. The van der Waals surface area contributed by atoms with E-state index in [1.165, 1.54) is 32.1 Å². The summed E-state index contributed by atoms with van der Waals surface area (Å²) < 4.78 is 45.1. The molecule has 0 heterocycles. The SMILES string of the molecule is COCC[C@@H](C)C1CCC2C3CCC4CC(C(F)(F)F)CCC4C3CCC21C. The maximum atomic E-state index is 13.3. The molecule has 1 nitrogen and oxygen atoms in total. The van der Waals surface area contributed by atoms with Crippen LogP contribution in [-0.4, -0.2) is 19.9 Å². The lowest BCUT2D eigenvalue weighted by Crippen LogP contribution is -2.49. The Labute approximate surface area is 169 Å². The van der Waals surface area contributed by atoms with Crippen LogP contribution in [0.15, 0.2) is 0 Å². The summed E-state index contributed by atoms with van der Waals surface area (Å²) in [5, 5.41) is 0. The Balaban J connectivity index is 1.45. The van der Waals surface area contributed by atoms with Crippen LogP contribution in [0.25, 0.3) is 0 Å². The normalized spacial score (nSPS) is 47.1. The second-order valence-electron chi connectivity index (χ2n) is 11.0. The molecule has 8 unspecified atom stereocenters. The lowest BCUT2D eigenvalue weighted by Gasteiger charge is -2.57. The molecule has 0 saturated heterocycles. The zero-order valence-electron chi connectivity index (χ0n) is 17.9. The first-order valence-electron chi connectivity index (χ1n) is 11.8. The quantitative estimate of drug-likeness (QED) is 0.489. The third-order valence-electron chi connectivity index (χ3n) is 9.95. The van der Waals surface area contributed by atoms with E-state index in [0.717, 1.165) is 43.6 Å². The Hall–Kier alpha value is -0.250. The summed E-state index contributed by atoms with van der Waals surface area (Å²) >= 11 is 0. The van der Waals surface area contributed by atoms with Gasteiger partial charge in [0.15, 0.2) is 0 Å². The van der Waals surface area contributed by atoms with Gasteiger partial charge in [0.05, 0.1) is 5.92 Å². The average Bonchev–Trinajstić information content (AvgIpc) is 3.02. The van der Waals surface area contributed by atoms with Gasteiger partial charge in [-0.1, -0.05) is 13.8 Å². The number of hydrogen-bond acceptors (Lipinski definition) is 1. The molecule has 9 atom stereocenters. The highest BCUT2D eigenvalue weighted by Crippen LogP contribution is 2.66. The lowest BCUT2D eigenvalue weighted by molar-refractivity contribution is -0.196. The molecule has 0 aromatic rings. The van der Waals surface area contributed by atoms with Crippen LogP contribution in [0.1, 0.15) is 78.1 Å². The summed E-state index contributed by atoms with van der Waals surface area (Å²) in [5.74, 6) is 3.69.